The van der Waals surface area contributed by atoms with Gasteiger partial charge in [-0.2, -0.15) is 5.10 Å². The van der Waals surface area contributed by atoms with E-state index in [0.717, 1.165) is 5.56 Å². The van der Waals surface area contributed by atoms with Gasteiger partial charge in [0.15, 0.2) is 0 Å². The molecule has 1 atom stereocenters. The fraction of sp³-hybridized carbons (Fsp3) is 0.500. The molecule has 1 aliphatic heterocycles. The van der Waals surface area contributed by atoms with Crippen LogP contribution in [0.2, 0.25) is 0 Å². The van der Waals surface area contributed by atoms with E-state index < -0.39 is 12.0 Å². The predicted molar refractivity (Wildman–Crippen MR) is 74.2 cm³/mol. The number of β-amino-alcohol motifs (C(OH)–C–C–N with tert-alkyl or cyclic N) is 1. The van der Waals surface area contributed by atoms with Crippen molar-refractivity contribution in [1.29, 1.82) is 0 Å². The van der Waals surface area contributed by atoms with E-state index in [1.807, 2.05) is 31.2 Å². The highest BCUT2D eigenvalue weighted by molar-refractivity contribution is 5.56. The van der Waals surface area contributed by atoms with Gasteiger partial charge in [0, 0.05) is 6.54 Å². The second-order valence-corrected chi connectivity index (χ2v) is 5.65. The molecule has 1 heterocycles. The molecule has 0 aromatic heterocycles. The van der Waals surface area contributed by atoms with Crippen LogP contribution in [-0.4, -0.2) is 45.0 Å². The van der Waals surface area contributed by atoms with Crippen LogP contribution in [0.5, 0.6) is 0 Å². The number of aliphatic hydroxyl groups is 2. The average molecular weight is 263 g/mol. The van der Waals surface area contributed by atoms with Crippen LogP contribution in [0.25, 0.3) is 0 Å². The first-order chi connectivity index (χ1) is 8.85. The molecule has 0 bridgehead atoms. The summed E-state index contributed by atoms with van der Waals surface area (Å²) in [4.78, 5) is 1.73. The van der Waals surface area contributed by atoms with E-state index >= 15 is 0 Å². The first-order valence-electron chi connectivity index (χ1n) is 6.38. The molecule has 2 N–H and O–H groups in total. The molecule has 1 aliphatic rings. The summed E-state index contributed by atoms with van der Waals surface area (Å²) >= 11 is 0. The second-order valence-electron chi connectivity index (χ2n) is 5.65. The second kappa shape index (κ2) is 5.19. The first-order valence-corrected chi connectivity index (χ1v) is 6.38. The predicted octanol–water partition coefficient (Wildman–Crippen LogP) is 1.10. The summed E-state index contributed by atoms with van der Waals surface area (Å²) < 4.78 is 0. The van der Waals surface area contributed by atoms with Crippen LogP contribution >= 0.6 is 0 Å². The lowest BCUT2D eigenvalue weighted by atomic mass is 10.1. The third-order valence-electron chi connectivity index (χ3n) is 2.95. The summed E-state index contributed by atoms with van der Waals surface area (Å²) in [6.07, 6.45) is 0.781. The van der Waals surface area contributed by atoms with Crippen LogP contribution in [0, 0.1) is 6.92 Å². The van der Waals surface area contributed by atoms with Crippen molar-refractivity contribution in [3.63, 3.8) is 0 Å². The maximum Gasteiger partial charge on any atom is 0.224 e. The molecule has 1 aromatic carbocycles. The number of rotatable bonds is 4. The van der Waals surface area contributed by atoms with Gasteiger partial charge in [0.1, 0.15) is 6.34 Å². The normalized spacial score (nSPS) is 19.3. The quantitative estimate of drug-likeness (QED) is 0.854. The number of benzene rings is 1. The molecule has 19 heavy (non-hydrogen) atoms. The lowest BCUT2D eigenvalue weighted by molar-refractivity contribution is -0.0904. The molecule has 0 radical (unpaired) electrons. The molecule has 0 aliphatic carbocycles. The Hall–Kier alpha value is -1.59. The Bertz CT molecular complexity index is 451. The van der Waals surface area contributed by atoms with Crippen LogP contribution in [0.3, 0.4) is 0 Å². The number of aliphatic hydroxyl groups excluding tert-OH is 1. The summed E-state index contributed by atoms with van der Waals surface area (Å²) in [6.45, 7) is 6.30. The van der Waals surface area contributed by atoms with Gasteiger partial charge in [-0.15, -0.1) is 0 Å². The van der Waals surface area contributed by atoms with Gasteiger partial charge >= 0.3 is 0 Å². The first kappa shape index (κ1) is 13.8. The molecule has 2 rings (SSSR count). The number of hydrogen-bond donors (Lipinski definition) is 2. The topological polar surface area (TPSA) is 59.3 Å². The van der Waals surface area contributed by atoms with Crippen molar-refractivity contribution in [1.82, 2.24) is 9.91 Å². The molecule has 1 aromatic rings. The minimum absolute atomic E-state index is 0.287. The lowest BCUT2D eigenvalue weighted by Crippen LogP contribution is -2.44. The van der Waals surface area contributed by atoms with Gasteiger partial charge < -0.3 is 15.1 Å². The van der Waals surface area contributed by atoms with E-state index in [1.165, 1.54) is 10.6 Å². The van der Waals surface area contributed by atoms with E-state index in [0.29, 0.717) is 6.54 Å². The summed E-state index contributed by atoms with van der Waals surface area (Å²) in [7, 11) is 0. The fourth-order valence-electron chi connectivity index (χ4n) is 1.97. The molecule has 0 fully saturated rings. The molecule has 0 saturated carbocycles. The van der Waals surface area contributed by atoms with Gasteiger partial charge in [0.25, 0.3) is 0 Å². The largest absolute Gasteiger partial charge is 0.389 e. The molecule has 1 unspecified atom stereocenters. The van der Waals surface area contributed by atoms with E-state index in [-0.39, 0.29) is 6.54 Å². The van der Waals surface area contributed by atoms with E-state index in [2.05, 4.69) is 5.10 Å². The van der Waals surface area contributed by atoms with Crippen molar-refractivity contribution in [2.24, 2.45) is 5.10 Å². The maximum absolute atomic E-state index is 10.1. The summed E-state index contributed by atoms with van der Waals surface area (Å²) in [5, 5.41) is 25.5. The van der Waals surface area contributed by atoms with Gasteiger partial charge in [-0.3, -0.25) is 0 Å². The molecule has 0 amide bonds. The van der Waals surface area contributed by atoms with Crippen LogP contribution in [0.15, 0.2) is 29.4 Å². The fourth-order valence-corrected chi connectivity index (χ4v) is 1.97. The Labute approximate surface area is 113 Å². The molecule has 0 spiro atoms. The van der Waals surface area contributed by atoms with E-state index in [1.54, 1.807) is 25.1 Å². The Kier molecular flexibility index (Phi) is 3.78. The van der Waals surface area contributed by atoms with Crippen molar-refractivity contribution in [3.05, 3.63) is 35.4 Å². The zero-order chi connectivity index (χ0) is 14.0. The van der Waals surface area contributed by atoms with Crippen molar-refractivity contribution >= 4 is 6.34 Å². The third-order valence-corrected chi connectivity index (χ3v) is 2.95. The van der Waals surface area contributed by atoms with Crippen LogP contribution in [0.4, 0.5) is 0 Å². The summed E-state index contributed by atoms with van der Waals surface area (Å²) in [5.74, 6) is 0. The van der Waals surface area contributed by atoms with Gasteiger partial charge in [-0.1, -0.05) is 29.8 Å². The van der Waals surface area contributed by atoms with Crippen molar-refractivity contribution in [2.45, 2.75) is 39.3 Å². The minimum atomic E-state index is -0.891. The minimum Gasteiger partial charge on any atom is -0.389 e. The zero-order valence-electron chi connectivity index (χ0n) is 11.6. The zero-order valence-corrected chi connectivity index (χ0v) is 11.6. The number of nitrogens with zero attached hydrogens (tertiary/aromatic N) is 3. The van der Waals surface area contributed by atoms with Crippen LogP contribution in [0.1, 0.15) is 25.0 Å². The Morgan fingerprint density at radius 2 is 1.89 bits per heavy atom. The number of hydrazone groups is 1. The van der Waals surface area contributed by atoms with Crippen molar-refractivity contribution in [3.8, 4) is 0 Å². The number of aryl methyl sites for hydroxylation is 1. The van der Waals surface area contributed by atoms with E-state index in [4.69, 9.17) is 0 Å². The van der Waals surface area contributed by atoms with Gasteiger partial charge in [-0.05, 0) is 26.3 Å². The molecular formula is C14H21N3O2. The molecular weight excluding hydrogens is 242 g/mol. The third kappa shape index (κ3) is 3.68. The highest BCUT2D eigenvalue weighted by Crippen LogP contribution is 2.17. The Morgan fingerprint density at radius 1 is 1.26 bits per heavy atom. The molecule has 5 heteroatoms. The number of hydrogen-bond acceptors (Lipinski definition) is 5. The standard InChI is InChI=1S/C14H21N3O2/c1-11-4-6-12(7-5-11)8-16-10-15-17(13(16)18)9-14(2,3)19/h4-7,10,13,18-19H,8-9H2,1-3H3. The van der Waals surface area contributed by atoms with Gasteiger partial charge in [0.2, 0.25) is 6.35 Å². The lowest BCUT2D eigenvalue weighted by Gasteiger charge is -2.29. The summed E-state index contributed by atoms with van der Waals surface area (Å²) in [5.41, 5.74) is 1.43. The summed E-state index contributed by atoms with van der Waals surface area (Å²) in [6, 6.07) is 8.16. The highest BCUT2D eigenvalue weighted by Gasteiger charge is 2.29. The maximum atomic E-state index is 10.1. The van der Waals surface area contributed by atoms with Gasteiger partial charge in [-0.25, -0.2) is 5.01 Å². The Balaban J connectivity index is 1.97. The monoisotopic (exact) mass is 263 g/mol. The molecule has 0 saturated heterocycles. The van der Waals surface area contributed by atoms with Crippen LogP contribution < -0.4 is 0 Å². The van der Waals surface area contributed by atoms with E-state index in [9.17, 15) is 10.2 Å². The van der Waals surface area contributed by atoms with Crippen molar-refractivity contribution < 1.29 is 10.2 Å². The molecule has 104 valence electrons. The van der Waals surface area contributed by atoms with Crippen molar-refractivity contribution in [2.75, 3.05) is 6.54 Å². The highest BCUT2D eigenvalue weighted by atomic mass is 16.3. The average Bonchev–Trinajstić information content (AvgIpc) is 2.63. The smallest absolute Gasteiger partial charge is 0.224 e. The molecule has 5 nitrogen and oxygen atoms in total. The van der Waals surface area contributed by atoms with Gasteiger partial charge in [0.05, 0.1) is 12.1 Å². The van der Waals surface area contributed by atoms with Crippen LogP contribution in [-0.2, 0) is 6.54 Å². The SMILES string of the molecule is Cc1ccc(CN2C=NN(CC(C)(C)O)C2O)cc1. The Morgan fingerprint density at radius 3 is 2.47 bits per heavy atom.